The highest BCUT2D eigenvalue weighted by Gasteiger charge is 2.35. The summed E-state index contributed by atoms with van der Waals surface area (Å²) >= 11 is 0. The van der Waals surface area contributed by atoms with Crippen LogP contribution in [0.15, 0.2) is 29.3 Å². The normalized spacial score (nSPS) is 28.8. The number of rotatable bonds is 2. The maximum atomic E-state index is 12.6. The van der Waals surface area contributed by atoms with Gasteiger partial charge in [0, 0.05) is 5.56 Å². The monoisotopic (exact) mass is 297 g/mol. The van der Waals surface area contributed by atoms with E-state index in [0.29, 0.717) is 23.9 Å². The molecule has 3 nitrogen and oxygen atoms in total. The van der Waals surface area contributed by atoms with Crippen molar-refractivity contribution < 1.29 is 13.2 Å². The standard InChI is InChI=1S/C15H18F3N3/c16-15(17,18)11-4-2-10(3-5-11)14-20-12-6-1-9(8-19)7-13(12)21-14/h2-5,9,12-13H,1,6-8,19H2,(H,20,21). The summed E-state index contributed by atoms with van der Waals surface area (Å²) in [5.74, 6) is 1.22. The quantitative estimate of drug-likeness (QED) is 0.881. The van der Waals surface area contributed by atoms with Crippen molar-refractivity contribution in [3.05, 3.63) is 35.4 Å². The predicted octanol–water partition coefficient (Wildman–Crippen LogP) is 2.55. The molecule has 3 rings (SSSR count). The number of hydrogen-bond acceptors (Lipinski definition) is 3. The highest BCUT2D eigenvalue weighted by atomic mass is 19.4. The fraction of sp³-hybridized carbons (Fsp3) is 0.533. The third kappa shape index (κ3) is 2.90. The molecule has 114 valence electrons. The van der Waals surface area contributed by atoms with Gasteiger partial charge in [-0.25, -0.2) is 0 Å². The number of nitrogens with two attached hydrogens (primary N) is 1. The number of nitrogens with one attached hydrogen (secondary N) is 1. The van der Waals surface area contributed by atoms with Crippen LogP contribution in [0.1, 0.15) is 30.4 Å². The Balaban J connectivity index is 1.74. The maximum absolute atomic E-state index is 12.6. The second-order valence-corrected chi connectivity index (χ2v) is 5.79. The third-order valence-electron chi connectivity index (χ3n) is 4.36. The molecule has 0 radical (unpaired) electrons. The molecule has 2 aliphatic rings. The Labute approximate surface area is 121 Å². The van der Waals surface area contributed by atoms with Crippen molar-refractivity contribution in [2.45, 2.75) is 37.5 Å². The molecule has 1 fully saturated rings. The molecule has 1 aromatic carbocycles. The van der Waals surface area contributed by atoms with Gasteiger partial charge in [-0.3, -0.25) is 4.99 Å². The molecular weight excluding hydrogens is 279 g/mol. The summed E-state index contributed by atoms with van der Waals surface area (Å²) in [6.07, 6.45) is -1.26. The van der Waals surface area contributed by atoms with E-state index in [0.717, 1.165) is 31.4 Å². The summed E-state index contributed by atoms with van der Waals surface area (Å²) in [4.78, 5) is 4.62. The van der Waals surface area contributed by atoms with Crippen molar-refractivity contribution in [3.8, 4) is 0 Å². The lowest BCUT2D eigenvalue weighted by Gasteiger charge is -2.29. The number of hydrogen-bond donors (Lipinski definition) is 2. The maximum Gasteiger partial charge on any atom is 0.416 e. The summed E-state index contributed by atoms with van der Waals surface area (Å²) in [6.45, 7) is 0.681. The van der Waals surface area contributed by atoms with Crippen molar-refractivity contribution in [2.24, 2.45) is 16.6 Å². The molecule has 0 bridgehead atoms. The van der Waals surface area contributed by atoms with Crippen LogP contribution >= 0.6 is 0 Å². The molecule has 0 spiro atoms. The van der Waals surface area contributed by atoms with Crippen molar-refractivity contribution in [1.29, 1.82) is 0 Å². The largest absolute Gasteiger partial charge is 0.416 e. The molecule has 3 N–H and O–H groups in total. The van der Waals surface area contributed by atoms with Crippen LogP contribution in [0.2, 0.25) is 0 Å². The van der Waals surface area contributed by atoms with Gasteiger partial charge in [-0.2, -0.15) is 13.2 Å². The van der Waals surface area contributed by atoms with Gasteiger partial charge in [0.1, 0.15) is 5.84 Å². The van der Waals surface area contributed by atoms with Crippen molar-refractivity contribution in [3.63, 3.8) is 0 Å². The summed E-state index contributed by atoms with van der Waals surface area (Å²) in [5.41, 5.74) is 5.79. The van der Waals surface area contributed by atoms with Crippen LogP contribution in [0.3, 0.4) is 0 Å². The summed E-state index contributed by atoms with van der Waals surface area (Å²) in [7, 11) is 0. The second kappa shape index (κ2) is 5.33. The van der Waals surface area contributed by atoms with Crippen LogP contribution in [0.4, 0.5) is 13.2 Å². The molecule has 1 aliphatic carbocycles. The van der Waals surface area contributed by atoms with Crippen molar-refractivity contribution in [1.82, 2.24) is 5.32 Å². The molecule has 1 aromatic rings. The van der Waals surface area contributed by atoms with Gasteiger partial charge in [0.15, 0.2) is 0 Å². The second-order valence-electron chi connectivity index (χ2n) is 5.79. The molecular formula is C15H18F3N3. The topological polar surface area (TPSA) is 50.4 Å². The first-order valence-corrected chi connectivity index (χ1v) is 7.19. The number of benzene rings is 1. The lowest BCUT2D eigenvalue weighted by Crippen LogP contribution is -2.41. The number of nitrogens with zero attached hydrogens (tertiary/aromatic N) is 1. The Hall–Kier alpha value is -1.56. The van der Waals surface area contributed by atoms with E-state index in [1.165, 1.54) is 12.1 Å². The summed E-state index contributed by atoms with van der Waals surface area (Å²) in [6, 6.07) is 5.65. The molecule has 21 heavy (non-hydrogen) atoms. The number of halogens is 3. The minimum atomic E-state index is -4.30. The van der Waals surface area contributed by atoms with Gasteiger partial charge in [-0.15, -0.1) is 0 Å². The number of aliphatic imine (C=N–C) groups is 1. The van der Waals surface area contributed by atoms with Crippen LogP contribution < -0.4 is 11.1 Å². The fourth-order valence-electron chi connectivity index (χ4n) is 3.12. The van der Waals surface area contributed by atoms with E-state index in [4.69, 9.17) is 5.73 Å². The molecule has 1 aliphatic heterocycles. The van der Waals surface area contributed by atoms with E-state index >= 15 is 0 Å². The van der Waals surface area contributed by atoms with Gasteiger partial charge in [-0.05, 0) is 43.9 Å². The molecule has 0 saturated heterocycles. The van der Waals surface area contributed by atoms with Crippen LogP contribution in [-0.4, -0.2) is 24.5 Å². The Bertz CT molecular complexity index is 536. The molecule has 0 aromatic heterocycles. The summed E-state index contributed by atoms with van der Waals surface area (Å²) < 4.78 is 37.7. The zero-order valence-corrected chi connectivity index (χ0v) is 11.5. The number of alkyl halides is 3. The molecule has 6 heteroatoms. The Morgan fingerprint density at radius 1 is 1.19 bits per heavy atom. The molecule has 1 heterocycles. The molecule has 3 unspecified atom stereocenters. The van der Waals surface area contributed by atoms with Gasteiger partial charge in [-0.1, -0.05) is 12.1 Å². The summed E-state index contributed by atoms with van der Waals surface area (Å²) in [5, 5.41) is 3.34. The molecule has 3 atom stereocenters. The van der Waals surface area contributed by atoms with Crippen molar-refractivity contribution in [2.75, 3.05) is 6.54 Å². The fourth-order valence-corrected chi connectivity index (χ4v) is 3.12. The van der Waals surface area contributed by atoms with E-state index in [-0.39, 0.29) is 12.1 Å². The van der Waals surface area contributed by atoms with Crippen LogP contribution in [0.25, 0.3) is 0 Å². The Morgan fingerprint density at radius 3 is 2.52 bits per heavy atom. The van der Waals surface area contributed by atoms with Gasteiger partial charge in [0.25, 0.3) is 0 Å². The molecule has 0 amide bonds. The highest BCUT2D eigenvalue weighted by molar-refractivity contribution is 6.00. The minimum absolute atomic E-state index is 0.227. The SMILES string of the molecule is NCC1CCC2N=C(c3ccc(C(F)(F)F)cc3)NC2C1. The van der Waals surface area contributed by atoms with Gasteiger partial charge in [0.05, 0.1) is 17.6 Å². The predicted molar refractivity (Wildman–Crippen MR) is 75.1 cm³/mol. The average molecular weight is 297 g/mol. The lowest BCUT2D eigenvalue weighted by atomic mass is 9.83. The highest BCUT2D eigenvalue weighted by Crippen LogP contribution is 2.31. The number of fused-ring (bicyclic) bond motifs is 1. The number of amidine groups is 1. The van der Waals surface area contributed by atoms with E-state index < -0.39 is 11.7 Å². The van der Waals surface area contributed by atoms with Crippen LogP contribution in [0.5, 0.6) is 0 Å². The first kappa shape index (κ1) is 14.4. The van der Waals surface area contributed by atoms with Gasteiger partial charge >= 0.3 is 6.18 Å². The van der Waals surface area contributed by atoms with Crippen molar-refractivity contribution >= 4 is 5.84 Å². The average Bonchev–Trinajstić information content (AvgIpc) is 2.89. The minimum Gasteiger partial charge on any atom is -0.365 e. The van der Waals surface area contributed by atoms with E-state index in [1.54, 1.807) is 0 Å². The van der Waals surface area contributed by atoms with E-state index in [1.807, 2.05) is 0 Å². The van der Waals surface area contributed by atoms with Gasteiger partial charge < -0.3 is 11.1 Å². The van der Waals surface area contributed by atoms with Crippen LogP contribution in [-0.2, 0) is 6.18 Å². The first-order chi connectivity index (χ1) is 9.97. The lowest BCUT2D eigenvalue weighted by molar-refractivity contribution is -0.137. The van der Waals surface area contributed by atoms with Crippen LogP contribution in [0, 0.1) is 5.92 Å². The molecule has 1 saturated carbocycles. The smallest absolute Gasteiger partial charge is 0.365 e. The Kier molecular flexibility index (Phi) is 3.65. The zero-order valence-electron chi connectivity index (χ0n) is 11.5. The Morgan fingerprint density at radius 2 is 1.90 bits per heavy atom. The van der Waals surface area contributed by atoms with E-state index in [9.17, 15) is 13.2 Å². The third-order valence-corrected chi connectivity index (χ3v) is 4.36. The zero-order chi connectivity index (χ0) is 15.0. The van der Waals surface area contributed by atoms with E-state index in [2.05, 4.69) is 10.3 Å². The van der Waals surface area contributed by atoms with Gasteiger partial charge in [0.2, 0.25) is 0 Å². The first-order valence-electron chi connectivity index (χ1n) is 7.19.